The van der Waals surface area contributed by atoms with Crippen molar-refractivity contribution in [2.45, 2.75) is 90.1 Å². The number of hydrogen-bond acceptors (Lipinski definition) is 5. The first-order valence-electron chi connectivity index (χ1n) is 14.9. The van der Waals surface area contributed by atoms with Crippen LogP contribution in [0.5, 0.6) is 5.75 Å². The molecule has 6 nitrogen and oxygen atoms in total. The first kappa shape index (κ1) is 36.2. The molecular formula is C34H44F4N2O4Si. The number of phenols is 1. The largest absolute Gasteiger partial charge is 0.508 e. The minimum Gasteiger partial charge on any atom is -0.508 e. The van der Waals surface area contributed by atoms with Crippen molar-refractivity contribution < 1.29 is 37.0 Å². The van der Waals surface area contributed by atoms with Gasteiger partial charge in [0, 0.05) is 30.3 Å². The lowest BCUT2D eigenvalue weighted by Crippen LogP contribution is -2.44. The molecule has 11 heteroatoms. The van der Waals surface area contributed by atoms with Crippen molar-refractivity contribution in [2.75, 3.05) is 6.54 Å². The SMILES string of the molecule is C[C@H](Cc1ccc(CC(=O)NCc2cc(C(F)(F)F)ccc2F)cc1)NC[C@@H](O[Si](C)(C)C(C)(C)C)c1ccc(O)c(CO)c1. The minimum atomic E-state index is -4.60. The van der Waals surface area contributed by atoms with Gasteiger partial charge in [0.1, 0.15) is 11.6 Å². The second-order valence-corrected chi connectivity index (χ2v) is 17.8. The van der Waals surface area contributed by atoms with E-state index in [-0.39, 0.29) is 48.1 Å². The van der Waals surface area contributed by atoms with Gasteiger partial charge in [-0.15, -0.1) is 0 Å². The average molecular weight is 649 g/mol. The second kappa shape index (κ2) is 14.9. The van der Waals surface area contributed by atoms with E-state index in [9.17, 15) is 32.6 Å². The van der Waals surface area contributed by atoms with Crippen LogP contribution in [0.15, 0.2) is 60.7 Å². The zero-order chi connectivity index (χ0) is 33.6. The number of aliphatic hydroxyl groups excluding tert-OH is 1. The van der Waals surface area contributed by atoms with Crippen LogP contribution in [0.4, 0.5) is 17.6 Å². The summed E-state index contributed by atoms with van der Waals surface area (Å²) in [6.45, 7) is 12.8. The number of aromatic hydroxyl groups is 1. The van der Waals surface area contributed by atoms with E-state index in [0.29, 0.717) is 30.7 Å². The molecule has 0 heterocycles. The highest BCUT2D eigenvalue weighted by molar-refractivity contribution is 6.74. The molecule has 0 aromatic heterocycles. The van der Waals surface area contributed by atoms with Crippen LogP contribution in [0.25, 0.3) is 0 Å². The summed E-state index contributed by atoms with van der Waals surface area (Å²) in [6.07, 6.45) is -4.18. The third kappa shape index (κ3) is 10.4. The molecular weight excluding hydrogens is 604 g/mol. The molecule has 0 aliphatic heterocycles. The van der Waals surface area contributed by atoms with E-state index in [0.717, 1.165) is 22.8 Å². The zero-order valence-electron chi connectivity index (χ0n) is 26.7. The van der Waals surface area contributed by atoms with E-state index in [1.807, 2.05) is 30.3 Å². The smallest absolute Gasteiger partial charge is 0.416 e. The Hall–Kier alpha value is -3.25. The lowest BCUT2D eigenvalue weighted by Gasteiger charge is -2.40. The third-order valence-electron chi connectivity index (χ3n) is 8.32. The Morgan fingerprint density at radius 1 is 0.956 bits per heavy atom. The molecule has 0 saturated heterocycles. The summed E-state index contributed by atoms with van der Waals surface area (Å²) in [7, 11) is -2.16. The van der Waals surface area contributed by atoms with Crippen LogP contribution in [0.2, 0.25) is 18.1 Å². The minimum absolute atomic E-state index is 0.00356. The van der Waals surface area contributed by atoms with Gasteiger partial charge < -0.3 is 25.3 Å². The molecule has 3 aromatic carbocycles. The van der Waals surface area contributed by atoms with Gasteiger partial charge in [-0.3, -0.25) is 4.79 Å². The maximum atomic E-state index is 14.0. The molecule has 0 fully saturated rings. The molecule has 45 heavy (non-hydrogen) atoms. The topological polar surface area (TPSA) is 90.8 Å². The molecule has 4 N–H and O–H groups in total. The van der Waals surface area contributed by atoms with E-state index < -0.39 is 31.8 Å². The molecule has 0 aliphatic carbocycles. The van der Waals surface area contributed by atoms with Gasteiger partial charge in [0.05, 0.1) is 24.7 Å². The van der Waals surface area contributed by atoms with Gasteiger partial charge in [-0.1, -0.05) is 51.1 Å². The Balaban J connectivity index is 1.58. The molecule has 2 atom stereocenters. The Kier molecular flexibility index (Phi) is 12.0. The molecule has 0 aliphatic rings. The van der Waals surface area contributed by atoms with Gasteiger partial charge >= 0.3 is 6.18 Å². The van der Waals surface area contributed by atoms with Crippen molar-refractivity contribution in [3.05, 3.63) is 99.9 Å². The van der Waals surface area contributed by atoms with Gasteiger partial charge in [0.2, 0.25) is 5.91 Å². The van der Waals surface area contributed by atoms with Crippen LogP contribution >= 0.6 is 0 Å². The number of nitrogens with one attached hydrogen (secondary N) is 2. The first-order valence-corrected chi connectivity index (χ1v) is 17.8. The summed E-state index contributed by atoms with van der Waals surface area (Å²) < 4.78 is 59.6. The molecule has 0 radical (unpaired) electrons. The van der Waals surface area contributed by atoms with Gasteiger partial charge in [-0.2, -0.15) is 13.2 Å². The molecule has 0 spiro atoms. The van der Waals surface area contributed by atoms with Crippen molar-refractivity contribution in [2.24, 2.45) is 0 Å². The average Bonchev–Trinajstić information content (AvgIpc) is 2.95. The molecule has 0 saturated carbocycles. The maximum Gasteiger partial charge on any atom is 0.416 e. The number of alkyl halides is 3. The summed E-state index contributed by atoms with van der Waals surface area (Å²) in [5.41, 5.74) is 1.88. The van der Waals surface area contributed by atoms with E-state index in [4.69, 9.17) is 4.43 Å². The highest BCUT2D eigenvalue weighted by Crippen LogP contribution is 2.40. The fourth-order valence-electron chi connectivity index (χ4n) is 4.55. The maximum absolute atomic E-state index is 14.0. The lowest BCUT2D eigenvalue weighted by molar-refractivity contribution is -0.137. The van der Waals surface area contributed by atoms with Crippen molar-refractivity contribution >= 4 is 14.2 Å². The van der Waals surface area contributed by atoms with Crippen LogP contribution in [0, 0.1) is 5.82 Å². The third-order valence-corrected chi connectivity index (χ3v) is 12.8. The van der Waals surface area contributed by atoms with E-state index in [1.54, 1.807) is 12.1 Å². The van der Waals surface area contributed by atoms with Gasteiger partial charge in [0.15, 0.2) is 8.32 Å². The quantitative estimate of drug-likeness (QED) is 0.116. The van der Waals surface area contributed by atoms with Crippen molar-refractivity contribution in [1.29, 1.82) is 0 Å². The zero-order valence-corrected chi connectivity index (χ0v) is 27.7. The van der Waals surface area contributed by atoms with Crippen molar-refractivity contribution in [3.63, 3.8) is 0 Å². The fraction of sp³-hybridized carbons (Fsp3) is 0.441. The summed E-state index contributed by atoms with van der Waals surface area (Å²) in [5, 5.41) is 25.8. The predicted molar refractivity (Wildman–Crippen MR) is 170 cm³/mol. The van der Waals surface area contributed by atoms with Gasteiger partial charge in [-0.25, -0.2) is 4.39 Å². The summed E-state index contributed by atoms with van der Waals surface area (Å²) in [4.78, 5) is 12.4. The molecule has 246 valence electrons. The van der Waals surface area contributed by atoms with Gasteiger partial charge in [-0.05, 0) is 78.5 Å². The lowest BCUT2D eigenvalue weighted by atomic mass is 10.0. The number of carbonyl (C=O) groups excluding carboxylic acids is 1. The first-order chi connectivity index (χ1) is 20.9. The number of amides is 1. The molecule has 0 unspecified atom stereocenters. The van der Waals surface area contributed by atoms with Crippen LogP contribution in [0.3, 0.4) is 0 Å². The molecule has 1 amide bonds. The normalized spacial score (nSPS) is 13.8. The van der Waals surface area contributed by atoms with Crippen molar-refractivity contribution in [3.8, 4) is 5.75 Å². The second-order valence-electron chi connectivity index (χ2n) is 13.0. The number of carbonyl (C=O) groups is 1. The Morgan fingerprint density at radius 3 is 2.20 bits per heavy atom. The van der Waals surface area contributed by atoms with Crippen LogP contribution in [-0.2, 0) is 41.4 Å². The highest BCUT2D eigenvalue weighted by Gasteiger charge is 2.39. The summed E-state index contributed by atoms with van der Waals surface area (Å²) >= 11 is 0. The number of benzene rings is 3. The van der Waals surface area contributed by atoms with E-state index in [1.165, 1.54) is 0 Å². The monoisotopic (exact) mass is 648 g/mol. The molecule has 3 aromatic rings. The predicted octanol–water partition coefficient (Wildman–Crippen LogP) is 7.19. The molecule has 0 bridgehead atoms. The van der Waals surface area contributed by atoms with E-state index >= 15 is 0 Å². The Bertz CT molecular complexity index is 1440. The molecule has 3 rings (SSSR count). The highest BCUT2D eigenvalue weighted by atomic mass is 28.4. The standard InChI is InChI=1S/C34H44F4N2O4Si/c1-22(39-20-31(44-45(5,6)33(2,3)4)25-11-14-30(42)27(17-25)21-41)15-23-7-9-24(10-8-23)16-32(43)40-19-26-18-28(34(36,37)38)12-13-29(26)35/h7-14,17-18,22,31,39,41-42H,15-16,19-21H2,1-6H3,(H,40,43)/t22-,31-/m1/s1. The van der Waals surface area contributed by atoms with Crippen molar-refractivity contribution in [1.82, 2.24) is 10.6 Å². The number of halogens is 4. The summed E-state index contributed by atoms with van der Waals surface area (Å²) in [6, 6.07) is 14.9. The summed E-state index contributed by atoms with van der Waals surface area (Å²) in [5.74, 6) is -1.20. The Morgan fingerprint density at radius 2 is 1.60 bits per heavy atom. The van der Waals surface area contributed by atoms with Crippen LogP contribution in [-0.4, -0.2) is 37.0 Å². The fourth-order valence-corrected chi connectivity index (χ4v) is 5.83. The number of rotatable bonds is 13. The van der Waals surface area contributed by atoms with Crippen LogP contribution in [0.1, 0.15) is 67.2 Å². The van der Waals surface area contributed by atoms with Crippen LogP contribution < -0.4 is 10.6 Å². The van der Waals surface area contributed by atoms with Gasteiger partial charge in [0.25, 0.3) is 0 Å². The number of aliphatic hydroxyl groups is 1. The van der Waals surface area contributed by atoms with E-state index in [2.05, 4.69) is 51.4 Å². The number of hydrogen-bond donors (Lipinski definition) is 4. The Labute approximate surface area is 264 Å².